The summed E-state index contributed by atoms with van der Waals surface area (Å²) in [5.74, 6) is 1.29. The minimum Gasteiger partial charge on any atom is -0.397 e. The Kier molecular flexibility index (Phi) is 2.49. The molecule has 0 bridgehead atoms. The van der Waals surface area contributed by atoms with Gasteiger partial charge in [0.25, 0.3) is 0 Å². The summed E-state index contributed by atoms with van der Waals surface area (Å²) < 4.78 is 0. The van der Waals surface area contributed by atoms with E-state index in [1.807, 2.05) is 36.4 Å². The van der Waals surface area contributed by atoms with Crippen LogP contribution in [0.5, 0.6) is 0 Å². The highest BCUT2D eigenvalue weighted by Crippen LogP contribution is 2.18. The fraction of sp³-hybridized carbons (Fsp3) is 0. The SMILES string of the molecule is Nc1ccc(-c2nc(-c3ccccc3)n[nH]2)nc1. The summed E-state index contributed by atoms with van der Waals surface area (Å²) in [4.78, 5) is 8.61. The lowest BCUT2D eigenvalue weighted by molar-refractivity contribution is 1.09. The second-order valence-corrected chi connectivity index (χ2v) is 3.85. The topological polar surface area (TPSA) is 80.5 Å². The largest absolute Gasteiger partial charge is 0.397 e. The summed E-state index contributed by atoms with van der Waals surface area (Å²) in [5.41, 5.74) is 7.91. The molecule has 0 spiro atoms. The third-order valence-electron chi connectivity index (χ3n) is 2.55. The van der Waals surface area contributed by atoms with Crippen LogP contribution in [0.15, 0.2) is 48.7 Å². The first-order valence-corrected chi connectivity index (χ1v) is 5.52. The van der Waals surface area contributed by atoms with Crippen molar-refractivity contribution >= 4 is 5.69 Å². The fourth-order valence-corrected chi connectivity index (χ4v) is 1.64. The van der Waals surface area contributed by atoms with Gasteiger partial charge in [0.1, 0.15) is 5.69 Å². The van der Waals surface area contributed by atoms with Crippen LogP contribution in [0.2, 0.25) is 0 Å². The molecular formula is C13H11N5. The number of nitrogens with two attached hydrogens (primary N) is 1. The molecule has 0 fully saturated rings. The Hall–Kier alpha value is -2.69. The lowest BCUT2D eigenvalue weighted by Gasteiger charge is -1.95. The first-order valence-electron chi connectivity index (χ1n) is 5.52. The number of aromatic amines is 1. The highest BCUT2D eigenvalue weighted by molar-refractivity contribution is 5.59. The molecule has 3 N–H and O–H groups in total. The van der Waals surface area contributed by atoms with Crippen molar-refractivity contribution < 1.29 is 0 Å². The van der Waals surface area contributed by atoms with Crippen LogP contribution in [0.1, 0.15) is 0 Å². The van der Waals surface area contributed by atoms with E-state index in [-0.39, 0.29) is 0 Å². The first kappa shape index (κ1) is 10.5. The average Bonchev–Trinajstić information content (AvgIpc) is 2.90. The van der Waals surface area contributed by atoms with Crippen LogP contribution in [0.4, 0.5) is 5.69 Å². The van der Waals surface area contributed by atoms with Gasteiger partial charge in [-0.25, -0.2) is 4.98 Å². The molecule has 5 heteroatoms. The van der Waals surface area contributed by atoms with Crippen molar-refractivity contribution in [1.29, 1.82) is 0 Å². The standard InChI is InChI=1S/C13H11N5/c14-10-6-7-11(15-8-10)13-16-12(17-18-13)9-4-2-1-3-5-9/h1-8H,14H2,(H,16,17,18). The molecule has 0 aliphatic heterocycles. The maximum atomic E-state index is 5.59. The van der Waals surface area contributed by atoms with Crippen molar-refractivity contribution in [2.24, 2.45) is 0 Å². The van der Waals surface area contributed by atoms with Gasteiger partial charge in [-0.05, 0) is 12.1 Å². The number of anilines is 1. The van der Waals surface area contributed by atoms with Crippen LogP contribution in [0.25, 0.3) is 22.9 Å². The van der Waals surface area contributed by atoms with Crippen molar-refractivity contribution in [1.82, 2.24) is 20.2 Å². The number of aromatic nitrogens is 4. The molecule has 5 nitrogen and oxygen atoms in total. The Labute approximate surface area is 104 Å². The number of hydrogen-bond donors (Lipinski definition) is 2. The Morgan fingerprint density at radius 3 is 2.56 bits per heavy atom. The Morgan fingerprint density at radius 1 is 1.00 bits per heavy atom. The van der Waals surface area contributed by atoms with Crippen molar-refractivity contribution in [3.63, 3.8) is 0 Å². The first-order chi connectivity index (χ1) is 8.83. The zero-order valence-corrected chi connectivity index (χ0v) is 9.54. The van der Waals surface area contributed by atoms with Crippen LogP contribution < -0.4 is 5.73 Å². The summed E-state index contributed by atoms with van der Waals surface area (Å²) in [6, 6.07) is 13.4. The third-order valence-corrected chi connectivity index (χ3v) is 2.55. The molecule has 3 aromatic rings. The zero-order chi connectivity index (χ0) is 12.4. The highest BCUT2D eigenvalue weighted by Gasteiger charge is 2.07. The molecule has 2 heterocycles. The number of pyridine rings is 1. The van der Waals surface area contributed by atoms with Crippen LogP contribution in [0, 0.1) is 0 Å². The molecule has 18 heavy (non-hydrogen) atoms. The number of H-pyrrole nitrogens is 1. The van der Waals surface area contributed by atoms with Gasteiger partial charge in [0.05, 0.1) is 11.9 Å². The van der Waals surface area contributed by atoms with Crippen molar-refractivity contribution in [3.05, 3.63) is 48.7 Å². The number of rotatable bonds is 2. The van der Waals surface area contributed by atoms with E-state index in [2.05, 4.69) is 20.2 Å². The van der Waals surface area contributed by atoms with Crippen molar-refractivity contribution in [3.8, 4) is 22.9 Å². The number of nitrogens with one attached hydrogen (secondary N) is 1. The fourth-order valence-electron chi connectivity index (χ4n) is 1.64. The van der Waals surface area contributed by atoms with Crippen molar-refractivity contribution in [2.75, 3.05) is 5.73 Å². The van der Waals surface area contributed by atoms with Crippen molar-refractivity contribution in [2.45, 2.75) is 0 Å². The molecule has 1 aromatic carbocycles. The molecule has 3 rings (SSSR count). The summed E-state index contributed by atoms with van der Waals surface area (Å²) in [5, 5.41) is 7.05. The lowest BCUT2D eigenvalue weighted by Crippen LogP contribution is -1.89. The molecule has 0 amide bonds. The number of benzene rings is 1. The molecule has 0 aliphatic carbocycles. The van der Waals surface area contributed by atoms with E-state index in [0.29, 0.717) is 17.3 Å². The van der Waals surface area contributed by atoms with Crippen LogP contribution in [-0.4, -0.2) is 20.2 Å². The smallest absolute Gasteiger partial charge is 0.181 e. The third kappa shape index (κ3) is 1.93. The quantitative estimate of drug-likeness (QED) is 0.715. The molecular weight excluding hydrogens is 226 g/mol. The van der Waals surface area contributed by atoms with Gasteiger partial charge < -0.3 is 5.73 Å². The Balaban J connectivity index is 1.97. The average molecular weight is 237 g/mol. The van der Waals surface area contributed by atoms with Gasteiger partial charge in [-0.2, -0.15) is 5.10 Å². The predicted molar refractivity (Wildman–Crippen MR) is 69.5 cm³/mol. The molecule has 0 saturated carbocycles. The van der Waals surface area contributed by atoms with E-state index in [1.54, 1.807) is 12.3 Å². The normalized spacial score (nSPS) is 10.4. The minimum absolute atomic E-state index is 0.626. The van der Waals surface area contributed by atoms with Gasteiger partial charge in [-0.15, -0.1) is 0 Å². The molecule has 2 aromatic heterocycles. The lowest BCUT2D eigenvalue weighted by atomic mass is 10.2. The molecule has 0 unspecified atom stereocenters. The van der Waals surface area contributed by atoms with Gasteiger partial charge in [-0.3, -0.25) is 10.1 Å². The maximum Gasteiger partial charge on any atom is 0.181 e. The van der Waals surface area contributed by atoms with Gasteiger partial charge in [0, 0.05) is 5.56 Å². The second-order valence-electron chi connectivity index (χ2n) is 3.85. The van der Waals surface area contributed by atoms with Gasteiger partial charge in [-0.1, -0.05) is 30.3 Å². The van der Waals surface area contributed by atoms with E-state index < -0.39 is 0 Å². The summed E-state index contributed by atoms with van der Waals surface area (Å²) in [6.45, 7) is 0. The van der Waals surface area contributed by atoms with Gasteiger partial charge in [0.15, 0.2) is 11.6 Å². The Morgan fingerprint density at radius 2 is 1.83 bits per heavy atom. The maximum absolute atomic E-state index is 5.59. The second kappa shape index (κ2) is 4.29. The van der Waals surface area contributed by atoms with E-state index in [9.17, 15) is 0 Å². The predicted octanol–water partition coefficient (Wildman–Crippen LogP) is 2.12. The number of hydrogen-bond acceptors (Lipinski definition) is 4. The van der Waals surface area contributed by atoms with Gasteiger partial charge >= 0.3 is 0 Å². The van der Waals surface area contributed by atoms with Crippen LogP contribution >= 0.6 is 0 Å². The highest BCUT2D eigenvalue weighted by atomic mass is 15.2. The zero-order valence-electron chi connectivity index (χ0n) is 9.54. The van der Waals surface area contributed by atoms with Crippen LogP contribution in [0.3, 0.4) is 0 Å². The van der Waals surface area contributed by atoms with E-state index >= 15 is 0 Å². The molecule has 88 valence electrons. The Bertz CT molecular complexity index is 643. The molecule has 0 radical (unpaired) electrons. The van der Waals surface area contributed by atoms with Crippen LogP contribution in [-0.2, 0) is 0 Å². The summed E-state index contributed by atoms with van der Waals surface area (Å²) in [7, 11) is 0. The van der Waals surface area contributed by atoms with E-state index in [1.165, 1.54) is 0 Å². The van der Waals surface area contributed by atoms with Gasteiger partial charge in [0.2, 0.25) is 0 Å². The molecule has 0 aliphatic rings. The number of nitrogens with zero attached hydrogens (tertiary/aromatic N) is 3. The summed E-state index contributed by atoms with van der Waals surface area (Å²) in [6.07, 6.45) is 1.60. The molecule has 0 atom stereocenters. The molecule has 0 saturated heterocycles. The number of nitrogen functional groups attached to an aromatic ring is 1. The summed E-state index contributed by atoms with van der Waals surface area (Å²) >= 11 is 0. The van der Waals surface area contributed by atoms with E-state index in [4.69, 9.17) is 5.73 Å². The monoisotopic (exact) mass is 237 g/mol. The minimum atomic E-state index is 0.626. The van der Waals surface area contributed by atoms with E-state index in [0.717, 1.165) is 11.3 Å².